The highest BCUT2D eigenvalue weighted by molar-refractivity contribution is 5.84. The SMILES string of the molecule is O=C(O)c1cc(C2CN(C(=O)C(F)(F)F)CCO2)no1. The van der Waals surface area contributed by atoms with Crippen LogP contribution in [-0.2, 0) is 9.53 Å². The molecule has 1 unspecified atom stereocenters. The molecule has 1 fully saturated rings. The van der Waals surface area contributed by atoms with Gasteiger partial charge in [0.1, 0.15) is 11.8 Å². The minimum atomic E-state index is -4.96. The predicted octanol–water partition coefficient (Wildman–Crippen LogP) is 0.835. The number of ether oxygens (including phenoxy) is 1. The molecule has 1 aliphatic rings. The molecule has 0 saturated carbocycles. The summed E-state index contributed by atoms with van der Waals surface area (Å²) in [6.45, 7) is -0.676. The lowest BCUT2D eigenvalue weighted by molar-refractivity contribution is -0.191. The van der Waals surface area contributed by atoms with Crippen LogP contribution in [0.2, 0.25) is 0 Å². The topological polar surface area (TPSA) is 92.9 Å². The minimum absolute atomic E-state index is 0.0297. The van der Waals surface area contributed by atoms with Gasteiger partial charge in [-0.15, -0.1) is 0 Å². The number of amides is 1. The van der Waals surface area contributed by atoms with Gasteiger partial charge in [0.25, 0.3) is 0 Å². The normalized spacial score (nSPS) is 19.9. The van der Waals surface area contributed by atoms with Gasteiger partial charge in [-0.1, -0.05) is 5.16 Å². The third-order valence-electron chi connectivity index (χ3n) is 2.67. The van der Waals surface area contributed by atoms with Gasteiger partial charge < -0.3 is 19.3 Å². The van der Waals surface area contributed by atoms with Gasteiger partial charge in [-0.25, -0.2) is 4.79 Å². The van der Waals surface area contributed by atoms with Crippen molar-refractivity contribution in [3.63, 3.8) is 0 Å². The minimum Gasteiger partial charge on any atom is -0.475 e. The first kappa shape index (κ1) is 14.3. The van der Waals surface area contributed by atoms with Gasteiger partial charge >= 0.3 is 18.1 Å². The van der Waals surface area contributed by atoms with E-state index in [-0.39, 0.29) is 25.4 Å². The number of carboxylic acids is 1. The van der Waals surface area contributed by atoms with E-state index in [4.69, 9.17) is 9.84 Å². The van der Waals surface area contributed by atoms with Crippen molar-refractivity contribution in [3.05, 3.63) is 17.5 Å². The van der Waals surface area contributed by atoms with Crippen LogP contribution < -0.4 is 0 Å². The zero-order chi connectivity index (χ0) is 14.9. The molecule has 0 aromatic carbocycles. The molecule has 1 amide bonds. The summed E-state index contributed by atoms with van der Waals surface area (Å²) < 4.78 is 46.6. The van der Waals surface area contributed by atoms with Crippen molar-refractivity contribution in [2.24, 2.45) is 0 Å². The Bertz CT molecular complexity index is 527. The highest BCUT2D eigenvalue weighted by atomic mass is 19.4. The largest absolute Gasteiger partial charge is 0.475 e. The Morgan fingerprint density at radius 3 is 2.70 bits per heavy atom. The maximum atomic E-state index is 12.3. The summed E-state index contributed by atoms with van der Waals surface area (Å²) in [6.07, 6.45) is -5.91. The van der Waals surface area contributed by atoms with Gasteiger partial charge in [0.05, 0.1) is 13.2 Å². The van der Waals surface area contributed by atoms with E-state index in [2.05, 4.69) is 9.68 Å². The number of carbonyl (C=O) groups is 2. The summed E-state index contributed by atoms with van der Waals surface area (Å²) in [6, 6.07) is 1.05. The summed E-state index contributed by atoms with van der Waals surface area (Å²) in [5.74, 6) is -3.78. The second-order valence-electron chi connectivity index (χ2n) is 4.03. The van der Waals surface area contributed by atoms with Crippen molar-refractivity contribution in [3.8, 4) is 0 Å². The molecular formula is C10H9F3N2O5. The lowest BCUT2D eigenvalue weighted by atomic mass is 10.2. The first-order valence-electron chi connectivity index (χ1n) is 5.46. The predicted molar refractivity (Wildman–Crippen MR) is 54.8 cm³/mol. The third-order valence-corrected chi connectivity index (χ3v) is 2.67. The van der Waals surface area contributed by atoms with Gasteiger partial charge in [-0.05, 0) is 0 Å². The Hall–Kier alpha value is -2.10. The number of morpholine rings is 1. The molecule has 1 N–H and O–H groups in total. The molecule has 1 aromatic rings. The van der Waals surface area contributed by atoms with Crippen molar-refractivity contribution in [2.45, 2.75) is 12.3 Å². The van der Waals surface area contributed by atoms with Gasteiger partial charge in [0, 0.05) is 12.6 Å². The Morgan fingerprint density at radius 2 is 2.15 bits per heavy atom. The first-order valence-corrected chi connectivity index (χ1v) is 5.46. The Kier molecular flexibility index (Phi) is 3.66. The number of halogens is 3. The molecule has 0 aliphatic carbocycles. The van der Waals surface area contributed by atoms with Crippen LogP contribution >= 0.6 is 0 Å². The molecule has 1 aromatic heterocycles. The molecule has 110 valence electrons. The second kappa shape index (κ2) is 5.12. The first-order chi connectivity index (χ1) is 9.29. The summed E-state index contributed by atoms with van der Waals surface area (Å²) >= 11 is 0. The van der Waals surface area contributed by atoms with E-state index in [1.54, 1.807) is 0 Å². The molecule has 10 heteroatoms. The second-order valence-corrected chi connectivity index (χ2v) is 4.03. The number of alkyl halides is 3. The number of aromatic nitrogens is 1. The standard InChI is InChI=1S/C10H9F3N2O5/c11-10(12,13)9(18)15-1-2-19-7(4-15)5-3-6(8(16)17)20-14-5/h3,7H,1-2,4H2,(H,16,17). The zero-order valence-electron chi connectivity index (χ0n) is 9.88. The number of hydrogen-bond donors (Lipinski definition) is 1. The van der Waals surface area contributed by atoms with Crippen LogP contribution in [0, 0.1) is 0 Å². The van der Waals surface area contributed by atoms with Crippen LogP contribution in [0.25, 0.3) is 0 Å². The number of hydrogen-bond acceptors (Lipinski definition) is 5. The molecule has 0 radical (unpaired) electrons. The van der Waals surface area contributed by atoms with Crippen molar-refractivity contribution in [2.75, 3.05) is 19.7 Å². The monoisotopic (exact) mass is 294 g/mol. The molecule has 2 heterocycles. The number of nitrogens with zero attached hydrogens (tertiary/aromatic N) is 2. The number of aromatic carboxylic acids is 1. The van der Waals surface area contributed by atoms with Gasteiger partial charge in [0.15, 0.2) is 0 Å². The Labute approximate surface area is 109 Å². The Balaban J connectivity index is 2.10. The molecular weight excluding hydrogens is 285 g/mol. The van der Waals surface area contributed by atoms with E-state index >= 15 is 0 Å². The van der Waals surface area contributed by atoms with Crippen molar-refractivity contribution < 1.29 is 37.1 Å². The quantitative estimate of drug-likeness (QED) is 0.868. The molecule has 1 atom stereocenters. The van der Waals surface area contributed by atoms with Crippen LogP contribution in [0.5, 0.6) is 0 Å². The third kappa shape index (κ3) is 2.90. The number of carboxylic acid groups (broad SMARTS) is 1. The number of carbonyl (C=O) groups excluding carboxylic acids is 1. The molecule has 1 aliphatic heterocycles. The average Bonchev–Trinajstić information content (AvgIpc) is 2.86. The molecule has 0 spiro atoms. The fourth-order valence-electron chi connectivity index (χ4n) is 1.73. The van der Waals surface area contributed by atoms with E-state index in [1.807, 2.05) is 0 Å². The van der Waals surface area contributed by atoms with Crippen LogP contribution in [-0.4, -0.2) is 52.9 Å². The van der Waals surface area contributed by atoms with Crippen molar-refractivity contribution >= 4 is 11.9 Å². The van der Waals surface area contributed by atoms with Crippen LogP contribution in [0.1, 0.15) is 22.4 Å². The lowest BCUT2D eigenvalue weighted by Crippen LogP contribution is -2.48. The van der Waals surface area contributed by atoms with E-state index in [1.165, 1.54) is 0 Å². The molecule has 1 saturated heterocycles. The average molecular weight is 294 g/mol. The molecule has 0 bridgehead atoms. The van der Waals surface area contributed by atoms with Gasteiger partial charge in [-0.2, -0.15) is 13.2 Å². The molecule has 2 rings (SSSR count). The maximum Gasteiger partial charge on any atom is 0.471 e. The zero-order valence-corrected chi connectivity index (χ0v) is 9.88. The summed E-state index contributed by atoms with van der Waals surface area (Å²) in [4.78, 5) is 22.3. The highest BCUT2D eigenvalue weighted by Gasteiger charge is 2.44. The Morgan fingerprint density at radius 1 is 1.45 bits per heavy atom. The van der Waals surface area contributed by atoms with Crippen LogP contribution in [0.15, 0.2) is 10.6 Å². The lowest BCUT2D eigenvalue weighted by Gasteiger charge is -2.32. The highest BCUT2D eigenvalue weighted by Crippen LogP contribution is 2.26. The van der Waals surface area contributed by atoms with E-state index < -0.39 is 29.9 Å². The van der Waals surface area contributed by atoms with Crippen LogP contribution in [0.3, 0.4) is 0 Å². The van der Waals surface area contributed by atoms with Gasteiger partial charge in [-0.3, -0.25) is 4.79 Å². The summed E-state index contributed by atoms with van der Waals surface area (Å²) in [7, 11) is 0. The van der Waals surface area contributed by atoms with E-state index in [9.17, 15) is 22.8 Å². The van der Waals surface area contributed by atoms with Crippen molar-refractivity contribution in [1.82, 2.24) is 10.1 Å². The summed E-state index contributed by atoms with van der Waals surface area (Å²) in [5, 5.41) is 12.1. The number of rotatable bonds is 2. The molecule has 7 nitrogen and oxygen atoms in total. The summed E-state index contributed by atoms with van der Waals surface area (Å²) in [5.41, 5.74) is 0.0297. The van der Waals surface area contributed by atoms with Gasteiger partial charge in [0.2, 0.25) is 5.76 Å². The fraction of sp³-hybridized carbons (Fsp3) is 0.500. The smallest absolute Gasteiger partial charge is 0.471 e. The molecule has 20 heavy (non-hydrogen) atoms. The van der Waals surface area contributed by atoms with Crippen molar-refractivity contribution in [1.29, 1.82) is 0 Å². The van der Waals surface area contributed by atoms with E-state index in [0.29, 0.717) is 4.90 Å². The fourth-order valence-corrected chi connectivity index (χ4v) is 1.73. The maximum absolute atomic E-state index is 12.3. The van der Waals surface area contributed by atoms with E-state index in [0.717, 1.165) is 6.07 Å². The van der Waals surface area contributed by atoms with Crippen LogP contribution in [0.4, 0.5) is 13.2 Å².